The second-order valence-electron chi connectivity index (χ2n) is 7.66. The van der Waals surface area contributed by atoms with Crippen molar-refractivity contribution < 1.29 is 0 Å². The number of imidazole rings is 1. The number of aryl methyl sites for hydroxylation is 5. The van der Waals surface area contributed by atoms with Gasteiger partial charge in [0, 0.05) is 18.7 Å². The minimum absolute atomic E-state index is 0.953. The summed E-state index contributed by atoms with van der Waals surface area (Å²) in [7, 11) is 0. The Balaban J connectivity index is 2.27. The first kappa shape index (κ1) is 19.4. The zero-order chi connectivity index (χ0) is 19.7. The number of nitrogens with zero attached hydrogens (tertiary/aromatic N) is 4. The van der Waals surface area contributed by atoms with Gasteiger partial charge in [0.2, 0.25) is 0 Å². The third kappa shape index (κ3) is 3.58. The summed E-state index contributed by atoms with van der Waals surface area (Å²) in [5.41, 5.74) is 9.43. The van der Waals surface area contributed by atoms with Gasteiger partial charge in [-0.15, -0.1) is 0 Å². The zero-order valence-electron chi connectivity index (χ0n) is 17.8. The molecule has 4 nitrogen and oxygen atoms in total. The molecule has 0 unspecified atom stereocenters. The van der Waals surface area contributed by atoms with Crippen molar-refractivity contribution in [1.29, 1.82) is 0 Å². The van der Waals surface area contributed by atoms with Gasteiger partial charge in [-0.3, -0.25) is 0 Å². The topological polar surface area (TPSA) is 33.4 Å². The Morgan fingerprint density at radius 2 is 1.63 bits per heavy atom. The number of hydrogen-bond acceptors (Lipinski definition) is 3. The average molecular weight is 365 g/mol. The second-order valence-corrected chi connectivity index (χ2v) is 7.66. The minimum Gasteiger partial charge on any atom is -0.370 e. The predicted molar refractivity (Wildman–Crippen MR) is 115 cm³/mol. The maximum absolute atomic E-state index is 4.98. The molecule has 0 spiro atoms. The first-order valence-electron chi connectivity index (χ1n) is 10.1. The number of aromatic nitrogens is 3. The molecule has 0 amide bonds. The van der Waals surface area contributed by atoms with Gasteiger partial charge in [0.1, 0.15) is 5.52 Å². The van der Waals surface area contributed by atoms with Crippen LogP contribution in [0.5, 0.6) is 0 Å². The average Bonchev–Trinajstić information content (AvgIpc) is 2.91. The van der Waals surface area contributed by atoms with Crippen LogP contribution in [0.3, 0.4) is 0 Å². The van der Waals surface area contributed by atoms with Crippen molar-refractivity contribution in [3.63, 3.8) is 0 Å². The lowest BCUT2D eigenvalue weighted by Crippen LogP contribution is -2.25. The summed E-state index contributed by atoms with van der Waals surface area (Å²) in [6.45, 7) is 17.2. The number of benzene rings is 1. The lowest BCUT2D eigenvalue weighted by Gasteiger charge is -2.24. The molecule has 0 bridgehead atoms. The van der Waals surface area contributed by atoms with Crippen LogP contribution in [0.2, 0.25) is 0 Å². The highest BCUT2D eigenvalue weighted by Crippen LogP contribution is 2.33. The molecular formula is C23H32N4. The summed E-state index contributed by atoms with van der Waals surface area (Å²) in [4.78, 5) is 7.44. The summed E-state index contributed by atoms with van der Waals surface area (Å²) < 4.78 is 2.07. The fourth-order valence-electron chi connectivity index (χ4n) is 4.10. The maximum atomic E-state index is 4.98. The van der Waals surface area contributed by atoms with E-state index in [9.17, 15) is 0 Å². The van der Waals surface area contributed by atoms with Gasteiger partial charge in [-0.25, -0.2) is 9.50 Å². The van der Waals surface area contributed by atoms with E-state index >= 15 is 0 Å². The Kier molecular flexibility index (Phi) is 5.54. The van der Waals surface area contributed by atoms with Crippen LogP contribution in [0.15, 0.2) is 18.2 Å². The molecule has 1 aromatic carbocycles. The molecule has 0 atom stereocenters. The van der Waals surface area contributed by atoms with E-state index in [2.05, 4.69) is 76.1 Å². The molecule has 0 saturated heterocycles. The highest BCUT2D eigenvalue weighted by Gasteiger charge is 2.20. The van der Waals surface area contributed by atoms with Gasteiger partial charge in [-0.1, -0.05) is 31.0 Å². The van der Waals surface area contributed by atoms with Crippen LogP contribution in [0.25, 0.3) is 16.9 Å². The van der Waals surface area contributed by atoms with Crippen molar-refractivity contribution in [2.45, 2.75) is 61.3 Å². The van der Waals surface area contributed by atoms with Crippen molar-refractivity contribution in [2.24, 2.45) is 0 Å². The molecule has 4 heteroatoms. The number of unbranched alkanes of at least 4 members (excludes halogenated alkanes) is 1. The third-order valence-corrected chi connectivity index (χ3v) is 5.28. The maximum Gasteiger partial charge on any atom is 0.162 e. The minimum atomic E-state index is 0.953. The van der Waals surface area contributed by atoms with Gasteiger partial charge in [-0.2, -0.15) is 5.10 Å². The van der Waals surface area contributed by atoms with E-state index < -0.39 is 0 Å². The number of anilines is 1. The fourth-order valence-corrected chi connectivity index (χ4v) is 4.10. The third-order valence-electron chi connectivity index (χ3n) is 5.28. The van der Waals surface area contributed by atoms with E-state index in [-0.39, 0.29) is 0 Å². The van der Waals surface area contributed by atoms with Crippen LogP contribution < -0.4 is 4.90 Å². The Morgan fingerprint density at radius 3 is 2.22 bits per heavy atom. The van der Waals surface area contributed by atoms with Gasteiger partial charge < -0.3 is 4.90 Å². The number of rotatable bonds is 6. The van der Waals surface area contributed by atoms with Crippen LogP contribution in [0, 0.1) is 34.6 Å². The molecule has 2 heterocycles. The van der Waals surface area contributed by atoms with E-state index in [1.165, 1.54) is 40.8 Å². The van der Waals surface area contributed by atoms with Crippen molar-refractivity contribution in [3.05, 3.63) is 46.3 Å². The second kappa shape index (κ2) is 7.71. The van der Waals surface area contributed by atoms with Crippen molar-refractivity contribution in [2.75, 3.05) is 18.0 Å². The smallest absolute Gasteiger partial charge is 0.162 e. The van der Waals surface area contributed by atoms with E-state index in [0.29, 0.717) is 0 Å². The summed E-state index contributed by atoms with van der Waals surface area (Å²) in [5.74, 6) is 0.953. The summed E-state index contributed by atoms with van der Waals surface area (Å²) in [5, 5.41) is 4.86. The Labute approximate surface area is 163 Å². The van der Waals surface area contributed by atoms with E-state index in [1.54, 1.807) is 0 Å². The first-order chi connectivity index (χ1) is 12.9. The molecule has 3 rings (SSSR count). The van der Waals surface area contributed by atoms with Crippen LogP contribution in [-0.2, 0) is 0 Å². The first-order valence-corrected chi connectivity index (χ1v) is 10.1. The Hall–Kier alpha value is -2.36. The van der Waals surface area contributed by atoms with Gasteiger partial charge in [-0.05, 0) is 65.2 Å². The van der Waals surface area contributed by atoms with Gasteiger partial charge in [0.05, 0.1) is 17.1 Å². The molecule has 0 N–H and O–H groups in total. The highest BCUT2D eigenvalue weighted by atomic mass is 15.3. The lowest BCUT2D eigenvalue weighted by molar-refractivity contribution is 0.730. The SMILES string of the molecule is CCCCN(CC)c1cc(C)nn2c(-c3c(C)cc(C)cc3C)nc(C)c12. The highest BCUT2D eigenvalue weighted by molar-refractivity contribution is 5.80. The molecule has 3 aromatic rings. The van der Waals surface area contributed by atoms with Crippen LogP contribution in [0.4, 0.5) is 5.69 Å². The fraction of sp³-hybridized carbons (Fsp3) is 0.478. The van der Waals surface area contributed by atoms with Crippen LogP contribution >= 0.6 is 0 Å². The standard InChI is InChI=1S/C23H32N4/c1-8-10-11-26(9-2)20-14-18(6)25-27-22(20)19(7)24-23(27)21-16(4)12-15(3)13-17(21)5/h12-14H,8-11H2,1-7H3. The summed E-state index contributed by atoms with van der Waals surface area (Å²) in [6.07, 6.45) is 2.39. The van der Waals surface area contributed by atoms with Crippen LogP contribution in [-0.4, -0.2) is 27.7 Å². The van der Waals surface area contributed by atoms with Crippen molar-refractivity contribution >= 4 is 11.2 Å². The molecule has 0 fully saturated rings. The Morgan fingerprint density at radius 1 is 0.963 bits per heavy atom. The summed E-state index contributed by atoms with van der Waals surface area (Å²) in [6, 6.07) is 6.67. The predicted octanol–water partition coefficient (Wildman–Crippen LogP) is 5.56. The van der Waals surface area contributed by atoms with E-state index in [0.717, 1.165) is 35.8 Å². The lowest BCUT2D eigenvalue weighted by atomic mass is 9.99. The molecule has 0 aliphatic heterocycles. The molecule has 144 valence electrons. The largest absolute Gasteiger partial charge is 0.370 e. The normalized spacial score (nSPS) is 11.4. The Bertz CT molecular complexity index is 945. The molecular weight excluding hydrogens is 332 g/mol. The zero-order valence-corrected chi connectivity index (χ0v) is 17.8. The van der Waals surface area contributed by atoms with Gasteiger partial charge >= 0.3 is 0 Å². The van der Waals surface area contributed by atoms with Gasteiger partial charge in [0.15, 0.2) is 5.82 Å². The quantitative estimate of drug-likeness (QED) is 0.574. The molecule has 0 saturated carbocycles. The van der Waals surface area contributed by atoms with Crippen molar-refractivity contribution in [1.82, 2.24) is 14.6 Å². The van der Waals surface area contributed by atoms with Gasteiger partial charge in [0.25, 0.3) is 0 Å². The number of fused-ring (bicyclic) bond motifs is 1. The molecule has 0 radical (unpaired) electrons. The molecule has 0 aliphatic rings. The monoisotopic (exact) mass is 364 g/mol. The number of hydrogen-bond donors (Lipinski definition) is 0. The van der Waals surface area contributed by atoms with E-state index in [4.69, 9.17) is 10.1 Å². The summed E-state index contributed by atoms with van der Waals surface area (Å²) >= 11 is 0. The molecule has 27 heavy (non-hydrogen) atoms. The van der Waals surface area contributed by atoms with Crippen LogP contribution in [0.1, 0.15) is 54.8 Å². The molecule has 0 aliphatic carbocycles. The van der Waals surface area contributed by atoms with E-state index in [1.807, 2.05) is 0 Å². The molecule has 2 aromatic heterocycles. The van der Waals surface area contributed by atoms with Crippen molar-refractivity contribution in [3.8, 4) is 11.4 Å².